The minimum absolute atomic E-state index is 0.617. The standard InChI is InChI=1S/C17H18N4S2/c1-11-3-5-13(6-4-11)16-18-14(9-22-16)10-23-17-20-19-12(2)21(17)15-7-8-15/h3-6,9,15H,7-8,10H2,1-2H3. The molecule has 3 aromatic rings. The minimum atomic E-state index is 0.617. The third kappa shape index (κ3) is 3.19. The molecule has 0 saturated heterocycles. The highest BCUT2D eigenvalue weighted by Gasteiger charge is 2.28. The molecule has 1 fully saturated rings. The molecule has 0 N–H and O–H groups in total. The molecule has 0 amide bonds. The maximum Gasteiger partial charge on any atom is 0.191 e. The van der Waals surface area contributed by atoms with Crippen LogP contribution in [0, 0.1) is 13.8 Å². The van der Waals surface area contributed by atoms with Crippen LogP contribution < -0.4 is 0 Å². The van der Waals surface area contributed by atoms with Crippen molar-refractivity contribution in [3.63, 3.8) is 0 Å². The van der Waals surface area contributed by atoms with Crippen molar-refractivity contribution in [2.75, 3.05) is 0 Å². The van der Waals surface area contributed by atoms with E-state index >= 15 is 0 Å². The van der Waals surface area contributed by atoms with E-state index in [2.05, 4.69) is 51.3 Å². The summed E-state index contributed by atoms with van der Waals surface area (Å²) >= 11 is 3.44. The first-order valence-corrected chi connectivity index (χ1v) is 9.63. The maximum atomic E-state index is 4.76. The van der Waals surface area contributed by atoms with Crippen LogP contribution in [0.2, 0.25) is 0 Å². The maximum absolute atomic E-state index is 4.76. The summed E-state index contributed by atoms with van der Waals surface area (Å²) in [6.45, 7) is 4.14. The molecule has 2 heterocycles. The van der Waals surface area contributed by atoms with Crippen LogP contribution in [0.3, 0.4) is 0 Å². The van der Waals surface area contributed by atoms with E-state index < -0.39 is 0 Å². The third-order valence-corrected chi connectivity index (χ3v) is 5.86. The van der Waals surface area contributed by atoms with Gasteiger partial charge in [-0.15, -0.1) is 21.5 Å². The highest BCUT2D eigenvalue weighted by Crippen LogP contribution is 2.39. The van der Waals surface area contributed by atoms with E-state index in [1.165, 1.54) is 24.0 Å². The van der Waals surface area contributed by atoms with Gasteiger partial charge in [-0.1, -0.05) is 41.6 Å². The number of thiazole rings is 1. The Bertz CT molecular complexity index is 815. The smallest absolute Gasteiger partial charge is 0.191 e. The summed E-state index contributed by atoms with van der Waals surface area (Å²) in [5.41, 5.74) is 3.57. The van der Waals surface area contributed by atoms with E-state index in [0.29, 0.717) is 6.04 Å². The van der Waals surface area contributed by atoms with Crippen molar-refractivity contribution in [2.45, 2.75) is 43.6 Å². The molecule has 4 nitrogen and oxygen atoms in total. The normalized spacial score (nSPS) is 14.3. The molecule has 1 aliphatic rings. The van der Waals surface area contributed by atoms with Gasteiger partial charge in [0, 0.05) is 22.7 Å². The van der Waals surface area contributed by atoms with Gasteiger partial charge in [-0.2, -0.15) is 0 Å². The van der Waals surface area contributed by atoms with E-state index in [-0.39, 0.29) is 0 Å². The molecule has 6 heteroatoms. The number of aryl methyl sites for hydroxylation is 2. The van der Waals surface area contributed by atoms with Crippen LogP contribution in [0.25, 0.3) is 10.6 Å². The summed E-state index contributed by atoms with van der Waals surface area (Å²) in [5.74, 6) is 1.86. The Morgan fingerprint density at radius 1 is 1.17 bits per heavy atom. The molecule has 4 rings (SSSR count). The molecule has 0 spiro atoms. The van der Waals surface area contributed by atoms with Gasteiger partial charge in [-0.25, -0.2) is 4.98 Å². The number of hydrogen-bond donors (Lipinski definition) is 0. The van der Waals surface area contributed by atoms with E-state index in [0.717, 1.165) is 27.4 Å². The van der Waals surface area contributed by atoms with Crippen molar-refractivity contribution < 1.29 is 0 Å². The van der Waals surface area contributed by atoms with Crippen molar-refractivity contribution in [2.24, 2.45) is 0 Å². The molecule has 118 valence electrons. The number of hydrogen-bond acceptors (Lipinski definition) is 5. The zero-order valence-corrected chi connectivity index (χ0v) is 14.8. The molecular weight excluding hydrogens is 324 g/mol. The predicted molar refractivity (Wildman–Crippen MR) is 94.9 cm³/mol. The van der Waals surface area contributed by atoms with Crippen molar-refractivity contribution >= 4 is 23.1 Å². The lowest BCUT2D eigenvalue weighted by Crippen LogP contribution is -1.99. The molecule has 0 atom stereocenters. The number of aromatic nitrogens is 4. The van der Waals surface area contributed by atoms with E-state index in [1.807, 2.05) is 6.92 Å². The van der Waals surface area contributed by atoms with Gasteiger partial charge in [0.15, 0.2) is 5.16 Å². The lowest BCUT2D eigenvalue weighted by molar-refractivity contribution is 0.644. The summed E-state index contributed by atoms with van der Waals surface area (Å²) in [7, 11) is 0. The fraction of sp³-hybridized carbons (Fsp3) is 0.353. The van der Waals surface area contributed by atoms with Crippen LogP contribution in [0.1, 0.15) is 36.0 Å². The van der Waals surface area contributed by atoms with Crippen LogP contribution in [-0.2, 0) is 5.75 Å². The van der Waals surface area contributed by atoms with Gasteiger partial charge >= 0.3 is 0 Å². The minimum Gasteiger partial charge on any atom is -0.303 e. The van der Waals surface area contributed by atoms with Gasteiger partial charge in [0.05, 0.1) is 5.69 Å². The van der Waals surface area contributed by atoms with Crippen LogP contribution >= 0.6 is 23.1 Å². The Morgan fingerprint density at radius 2 is 1.96 bits per heavy atom. The largest absolute Gasteiger partial charge is 0.303 e. The second kappa shape index (κ2) is 6.09. The summed E-state index contributed by atoms with van der Waals surface area (Å²) < 4.78 is 2.28. The second-order valence-electron chi connectivity index (χ2n) is 5.93. The van der Waals surface area contributed by atoms with Crippen LogP contribution in [0.4, 0.5) is 0 Å². The molecule has 2 aromatic heterocycles. The van der Waals surface area contributed by atoms with Crippen molar-refractivity contribution in [1.82, 2.24) is 19.7 Å². The number of rotatable bonds is 5. The third-order valence-electron chi connectivity index (χ3n) is 3.95. The van der Waals surface area contributed by atoms with Gasteiger partial charge in [0.1, 0.15) is 10.8 Å². The molecule has 0 unspecified atom stereocenters. The lowest BCUT2D eigenvalue weighted by Gasteiger charge is -2.05. The van der Waals surface area contributed by atoms with Crippen molar-refractivity contribution in [3.8, 4) is 10.6 Å². The number of thioether (sulfide) groups is 1. The average molecular weight is 342 g/mol. The first kappa shape index (κ1) is 14.9. The fourth-order valence-corrected chi connectivity index (χ4v) is 4.42. The van der Waals surface area contributed by atoms with Crippen LogP contribution in [-0.4, -0.2) is 19.7 Å². The average Bonchev–Trinajstić information content (AvgIpc) is 3.15. The van der Waals surface area contributed by atoms with Crippen molar-refractivity contribution in [3.05, 3.63) is 46.7 Å². The van der Waals surface area contributed by atoms with Crippen molar-refractivity contribution in [1.29, 1.82) is 0 Å². The molecule has 1 saturated carbocycles. The molecule has 1 aliphatic carbocycles. The Kier molecular flexibility index (Phi) is 3.95. The van der Waals surface area contributed by atoms with Gasteiger partial charge < -0.3 is 4.57 Å². The summed E-state index contributed by atoms with van der Waals surface area (Å²) in [6.07, 6.45) is 2.50. The van der Waals surface area contributed by atoms with Crippen LogP contribution in [0.5, 0.6) is 0 Å². The Hall–Kier alpha value is -1.66. The van der Waals surface area contributed by atoms with E-state index in [1.54, 1.807) is 23.1 Å². The summed E-state index contributed by atoms with van der Waals surface area (Å²) in [5, 5.41) is 12.8. The molecule has 0 radical (unpaired) electrons. The fourth-order valence-electron chi connectivity index (χ4n) is 2.54. The highest BCUT2D eigenvalue weighted by molar-refractivity contribution is 7.98. The van der Waals surface area contributed by atoms with Gasteiger partial charge in [0.2, 0.25) is 0 Å². The summed E-state index contributed by atoms with van der Waals surface area (Å²) in [4.78, 5) is 4.76. The molecule has 23 heavy (non-hydrogen) atoms. The van der Waals surface area contributed by atoms with E-state index in [4.69, 9.17) is 4.98 Å². The van der Waals surface area contributed by atoms with Gasteiger partial charge in [0.25, 0.3) is 0 Å². The lowest BCUT2D eigenvalue weighted by atomic mass is 10.2. The number of nitrogens with zero attached hydrogens (tertiary/aromatic N) is 4. The van der Waals surface area contributed by atoms with Gasteiger partial charge in [-0.05, 0) is 26.7 Å². The Balaban J connectivity index is 1.47. The zero-order chi connectivity index (χ0) is 15.8. The Morgan fingerprint density at radius 3 is 2.70 bits per heavy atom. The first-order valence-electron chi connectivity index (χ1n) is 7.76. The second-order valence-corrected chi connectivity index (χ2v) is 7.73. The Labute approximate surface area is 144 Å². The quantitative estimate of drug-likeness (QED) is 0.633. The molecule has 0 bridgehead atoms. The highest BCUT2D eigenvalue weighted by atomic mass is 32.2. The van der Waals surface area contributed by atoms with Crippen LogP contribution in [0.15, 0.2) is 34.8 Å². The zero-order valence-electron chi connectivity index (χ0n) is 13.2. The monoisotopic (exact) mass is 342 g/mol. The van der Waals surface area contributed by atoms with E-state index in [9.17, 15) is 0 Å². The number of benzene rings is 1. The first-order chi connectivity index (χ1) is 11.2. The molecular formula is C17H18N4S2. The van der Waals surface area contributed by atoms with Gasteiger partial charge in [-0.3, -0.25) is 0 Å². The topological polar surface area (TPSA) is 43.6 Å². The SMILES string of the molecule is Cc1ccc(-c2nc(CSc3nnc(C)n3C3CC3)cs2)cc1. The molecule has 1 aromatic carbocycles. The summed E-state index contributed by atoms with van der Waals surface area (Å²) in [6, 6.07) is 9.15. The predicted octanol–water partition coefficient (Wildman–Crippen LogP) is 4.65. The molecule has 0 aliphatic heterocycles.